The molecule has 0 bridgehead atoms. The minimum Gasteiger partial charge on any atom is -0.315 e. The average Bonchev–Trinajstić information content (AvgIpc) is 2.81. The molecule has 1 heterocycles. The predicted octanol–water partition coefficient (Wildman–Crippen LogP) is 2.78. The van der Waals surface area contributed by atoms with Crippen molar-refractivity contribution in [3.63, 3.8) is 0 Å². The molecule has 0 aliphatic heterocycles. The van der Waals surface area contributed by atoms with Gasteiger partial charge in [0.15, 0.2) is 0 Å². The lowest BCUT2D eigenvalue weighted by Gasteiger charge is -2.16. The lowest BCUT2D eigenvalue weighted by Crippen LogP contribution is -2.32. The standard InChI is InChI=1S/C15H21N3OS/c1-3-18(4-2)10-14(19)17-15-12(9-16)11-7-5-6-8-13(11)20-15/h3-8,10H2,1-2H3,(H,17,19). The zero-order chi connectivity index (χ0) is 14.5. The fourth-order valence-corrected chi connectivity index (χ4v) is 3.84. The summed E-state index contributed by atoms with van der Waals surface area (Å²) in [5, 5.41) is 13.0. The van der Waals surface area contributed by atoms with Crippen LogP contribution in [0.25, 0.3) is 0 Å². The van der Waals surface area contributed by atoms with Crippen LogP contribution in [0.4, 0.5) is 5.00 Å². The molecule has 0 spiro atoms. The van der Waals surface area contributed by atoms with Gasteiger partial charge in [-0.3, -0.25) is 9.69 Å². The first-order valence-corrected chi connectivity index (χ1v) is 8.08. The van der Waals surface area contributed by atoms with Gasteiger partial charge in [0, 0.05) is 4.88 Å². The van der Waals surface area contributed by atoms with E-state index >= 15 is 0 Å². The molecular formula is C15H21N3OS. The summed E-state index contributed by atoms with van der Waals surface area (Å²) in [6.45, 7) is 6.19. The summed E-state index contributed by atoms with van der Waals surface area (Å²) in [6.07, 6.45) is 4.34. The third-order valence-electron chi connectivity index (χ3n) is 3.80. The van der Waals surface area contributed by atoms with Crippen LogP contribution in [0.1, 0.15) is 42.7 Å². The summed E-state index contributed by atoms with van der Waals surface area (Å²) in [5.74, 6) is -0.0243. The summed E-state index contributed by atoms with van der Waals surface area (Å²) < 4.78 is 0. The van der Waals surface area contributed by atoms with E-state index in [1.807, 2.05) is 13.8 Å². The molecule has 0 fully saturated rings. The van der Waals surface area contributed by atoms with E-state index in [2.05, 4.69) is 16.3 Å². The Hall–Kier alpha value is -1.38. The molecule has 0 saturated carbocycles. The second kappa shape index (κ2) is 6.87. The third kappa shape index (κ3) is 3.20. The summed E-state index contributed by atoms with van der Waals surface area (Å²) >= 11 is 1.58. The van der Waals surface area contributed by atoms with Crippen LogP contribution in [-0.2, 0) is 17.6 Å². The van der Waals surface area contributed by atoms with Gasteiger partial charge in [-0.1, -0.05) is 13.8 Å². The lowest BCUT2D eigenvalue weighted by molar-refractivity contribution is -0.117. The number of nitrogens with zero attached hydrogens (tertiary/aromatic N) is 2. The van der Waals surface area contributed by atoms with Crippen LogP contribution in [0.3, 0.4) is 0 Å². The summed E-state index contributed by atoms with van der Waals surface area (Å²) in [7, 11) is 0. The highest BCUT2D eigenvalue weighted by Gasteiger charge is 2.21. The Morgan fingerprint density at radius 3 is 2.70 bits per heavy atom. The van der Waals surface area contributed by atoms with Crippen molar-refractivity contribution in [3.05, 3.63) is 16.0 Å². The second-order valence-electron chi connectivity index (χ2n) is 5.04. The van der Waals surface area contributed by atoms with Crippen molar-refractivity contribution in [2.75, 3.05) is 25.0 Å². The average molecular weight is 291 g/mol. The van der Waals surface area contributed by atoms with E-state index < -0.39 is 0 Å². The zero-order valence-corrected chi connectivity index (χ0v) is 13.0. The minimum absolute atomic E-state index is 0.0243. The smallest absolute Gasteiger partial charge is 0.239 e. The fourth-order valence-electron chi connectivity index (χ4n) is 2.59. The Kier molecular flexibility index (Phi) is 5.16. The van der Waals surface area contributed by atoms with Crippen molar-refractivity contribution < 1.29 is 4.79 Å². The topological polar surface area (TPSA) is 56.1 Å². The van der Waals surface area contributed by atoms with Crippen molar-refractivity contribution in [1.82, 2.24) is 4.90 Å². The van der Waals surface area contributed by atoms with E-state index in [0.29, 0.717) is 12.1 Å². The highest BCUT2D eigenvalue weighted by Crippen LogP contribution is 2.37. The van der Waals surface area contributed by atoms with Crippen molar-refractivity contribution in [3.8, 4) is 6.07 Å². The molecule has 0 saturated heterocycles. The number of carbonyl (C=O) groups excluding carboxylic acids is 1. The van der Waals surface area contributed by atoms with Crippen molar-refractivity contribution >= 4 is 22.2 Å². The molecule has 1 amide bonds. The van der Waals surface area contributed by atoms with Gasteiger partial charge in [0.1, 0.15) is 11.1 Å². The van der Waals surface area contributed by atoms with Gasteiger partial charge in [0.2, 0.25) is 5.91 Å². The van der Waals surface area contributed by atoms with E-state index in [1.54, 1.807) is 11.3 Å². The molecule has 1 aliphatic rings. The number of nitriles is 1. The van der Waals surface area contributed by atoms with Crippen molar-refractivity contribution in [2.24, 2.45) is 0 Å². The van der Waals surface area contributed by atoms with E-state index in [1.165, 1.54) is 16.9 Å². The molecular weight excluding hydrogens is 270 g/mol. The number of rotatable bonds is 5. The van der Waals surface area contributed by atoms with E-state index in [9.17, 15) is 10.1 Å². The van der Waals surface area contributed by atoms with Crippen LogP contribution in [0.2, 0.25) is 0 Å². The minimum atomic E-state index is -0.0243. The van der Waals surface area contributed by atoms with Gasteiger partial charge < -0.3 is 5.32 Å². The number of hydrogen-bond acceptors (Lipinski definition) is 4. The number of fused-ring (bicyclic) bond motifs is 1. The Balaban J connectivity index is 2.11. The van der Waals surface area contributed by atoms with Gasteiger partial charge in [0.25, 0.3) is 0 Å². The van der Waals surface area contributed by atoms with Crippen LogP contribution < -0.4 is 5.32 Å². The quantitative estimate of drug-likeness (QED) is 0.907. The molecule has 0 aromatic carbocycles. The van der Waals surface area contributed by atoms with Crippen molar-refractivity contribution in [2.45, 2.75) is 39.5 Å². The number of hydrogen-bond donors (Lipinski definition) is 1. The fraction of sp³-hybridized carbons (Fsp3) is 0.600. The molecule has 0 atom stereocenters. The van der Waals surface area contributed by atoms with Crippen LogP contribution >= 0.6 is 11.3 Å². The number of aryl methyl sites for hydroxylation is 1. The first-order valence-electron chi connectivity index (χ1n) is 7.26. The Bertz CT molecular complexity index is 526. The van der Waals surface area contributed by atoms with Crippen LogP contribution in [0.5, 0.6) is 0 Å². The number of amides is 1. The first kappa shape index (κ1) is 15.0. The molecule has 2 rings (SSSR count). The third-order valence-corrected chi connectivity index (χ3v) is 5.00. The Labute approximate surface area is 124 Å². The Morgan fingerprint density at radius 2 is 2.05 bits per heavy atom. The number of carbonyl (C=O) groups is 1. The molecule has 4 nitrogen and oxygen atoms in total. The molecule has 1 aromatic rings. The largest absolute Gasteiger partial charge is 0.315 e. The molecule has 1 aliphatic carbocycles. The highest BCUT2D eigenvalue weighted by atomic mass is 32.1. The lowest BCUT2D eigenvalue weighted by atomic mass is 9.96. The number of likely N-dealkylation sites (N-methyl/N-ethyl adjacent to an activating group) is 1. The summed E-state index contributed by atoms with van der Waals surface area (Å²) in [4.78, 5) is 15.4. The van der Waals surface area contributed by atoms with Gasteiger partial charge in [-0.15, -0.1) is 11.3 Å². The monoisotopic (exact) mass is 291 g/mol. The molecule has 1 aromatic heterocycles. The van der Waals surface area contributed by atoms with E-state index in [-0.39, 0.29) is 5.91 Å². The number of nitrogens with one attached hydrogen (secondary N) is 1. The molecule has 108 valence electrons. The first-order chi connectivity index (χ1) is 9.69. The van der Waals surface area contributed by atoms with Crippen LogP contribution in [0.15, 0.2) is 0 Å². The van der Waals surface area contributed by atoms with Gasteiger partial charge in [-0.25, -0.2) is 0 Å². The maximum Gasteiger partial charge on any atom is 0.239 e. The van der Waals surface area contributed by atoms with E-state index in [4.69, 9.17) is 0 Å². The highest BCUT2D eigenvalue weighted by molar-refractivity contribution is 7.16. The summed E-state index contributed by atoms with van der Waals surface area (Å²) in [5.41, 5.74) is 1.86. The zero-order valence-electron chi connectivity index (χ0n) is 12.2. The molecule has 1 N–H and O–H groups in total. The second-order valence-corrected chi connectivity index (χ2v) is 6.14. The van der Waals surface area contributed by atoms with E-state index in [0.717, 1.165) is 37.4 Å². The number of anilines is 1. The molecule has 20 heavy (non-hydrogen) atoms. The SMILES string of the molecule is CCN(CC)CC(=O)Nc1sc2c(c1C#N)CCCC2. The maximum absolute atomic E-state index is 12.1. The van der Waals surface area contributed by atoms with Crippen LogP contribution in [0, 0.1) is 11.3 Å². The maximum atomic E-state index is 12.1. The van der Waals surface area contributed by atoms with Crippen molar-refractivity contribution in [1.29, 1.82) is 5.26 Å². The Morgan fingerprint density at radius 1 is 1.35 bits per heavy atom. The number of thiophene rings is 1. The van der Waals surface area contributed by atoms with Crippen LogP contribution in [-0.4, -0.2) is 30.4 Å². The molecule has 0 unspecified atom stereocenters. The predicted molar refractivity (Wildman–Crippen MR) is 82.1 cm³/mol. The van der Waals surface area contributed by atoms with Gasteiger partial charge in [-0.05, 0) is 44.3 Å². The summed E-state index contributed by atoms with van der Waals surface area (Å²) in [6, 6.07) is 2.27. The van der Waals surface area contributed by atoms with Gasteiger partial charge >= 0.3 is 0 Å². The molecule has 5 heteroatoms. The van der Waals surface area contributed by atoms with Gasteiger partial charge in [0.05, 0.1) is 12.1 Å². The molecule has 0 radical (unpaired) electrons. The van der Waals surface area contributed by atoms with Gasteiger partial charge in [-0.2, -0.15) is 5.26 Å². The normalized spacial score (nSPS) is 13.9.